The molecule has 12 heteroatoms. The molecule has 3 aromatic heterocycles. The first-order valence-corrected chi connectivity index (χ1v) is 8.35. The standard InChI is InChI=1S/C17H15FN8O2.ClH/c1-8(23-15-13-14(20-6-19-13)21-7-22-15)16-24-11-5-3-4-10(18)12(11)17(28)26(16)25-9(2)27;/h3-8H,1-2H3,(H,25,27)(H2,19,20,21,22,23);1H/t8-;/m0./s1. The van der Waals surface area contributed by atoms with Gasteiger partial charge in [-0.25, -0.2) is 29.0 Å². The zero-order chi connectivity index (χ0) is 19.8. The SMILES string of the molecule is CC(=O)Nn1c([C@H](C)Nc2ncnc3nc[nH]c23)nc2cccc(F)c2c1=O.Cl. The lowest BCUT2D eigenvalue weighted by atomic mass is 10.2. The van der Waals surface area contributed by atoms with Crippen molar-refractivity contribution in [1.29, 1.82) is 0 Å². The topological polar surface area (TPSA) is 130 Å². The number of amides is 1. The Balaban J connectivity index is 0.00000240. The molecule has 0 saturated heterocycles. The maximum Gasteiger partial charge on any atom is 0.283 e. The quantitative estimate of drug-likeness (QED) is 0.461. The largest absolute Gasteiger partial charge is 0.358 e. The number of rotatable bonds is 4. The minimum atomic E-state index is -0.712. The fraction of sp³-hybridized carbons (Fsp3) is 0.176. The number of benzene rings is 1. The van der Waals surface area contributed by atoms with Crippen LogP contribution in [0.2, 0.25) is 0 Å². The third-order valence-electron chi connectivity index (χ3n) is 4.11. The molecule has 1 atom stereocenters. The molecule has 4 aromatic rings. The Hall–Kier alpha value is -3.60. The number of H-pyrrole nitrogens is 1. The molecular weight excluding hydrogens is 403 g/mol. The van der Waals surface area contributed by atoms with Gasteiger partial charge in [-0.15, -0.1) is 12.4 Å². The summed E-state index contributed by atoms with van der Waals surface area (Å²) in [7, 11) is 0. The highest BCUT2D eigenvalue weighted by molar-refractivity contribution is 5.85. The summed E-state index contributed by atoms with van der Waals surface area (Å²) in [6.45, 7) is 2.98. The molecule has 0 aliphatic carbocycles. The Morgan fingerprint density at radius 1 is 1.28 bits per heavy atom. The van der Waals surface area contributed by atoms with Crippen LogP contribution in [0.1, 0.15) is 25.7 Å². The van der Waals surface area contributed by atoms with Crippen LogP contribution in [0.15, 0.2) is 35.6 Å². The van der Waals surface area contributed by atoms with E-state index in [1.807, 2.05) is 0 Å². The number of fused-ring (bicyclic) bond motifs is 2. The molecule has 0 unspecified atom stereocenters. The molecule has 3 heterocycles. The molecule has 0 aliphatic rings. The Labute approximate surface area is 169 Å². The fourth-order valence-electron chi connectivity index (χ4n) is 2.91. The third kappa shape index (κ3) is 3.59. The van der Waals surface area contributed by atoms with Crippen molar-refractivity contribution in [3.05, 3.63) is 52.8 Å². The van der Waals surface area contributed by atoms with Crippen LogP contribution in [-0.2, 0) is 4.79 Å². The number of aromatic amines is 1. The number of halogens is 2. The molecule has 150 valence electrons. The van der Waals surface area contributed by atoms with Gasteiger partial charge in [-0.05, 0) is 19.1 Å². The van der Waals surface area contributed by atoms with E-state index in [1.165, 1.54) is 37.8 Å². The summed E-state index contributed by atoms with van der Waals surface area (Å²) in [5.74, 6) is -0.579. The second-order valence-electron chi connectivity index (χ2n) is 6.10. The number of nitrogens with one attached hydrogen (secondary N) is 3. The van der Waals surface area contributed by atoms with Gasteiger partial charge in [0.15, 0.2) is 17.3 Å². The lowest BCUT2D eigenvalue weighted by Crippen LogP contribution is -2.37. The van der Waals surface area contributed by atoms with Gasteiger partial charge in [-0.1, -0.05) is 6.07 Å². The molecule has 0 saturated carbocycles. The summed E-state index contributed by atoms with van der Waals surface area (Å²) >= 11 is 0. The van der Waals surface area contributed by atoms with Gasteiger partial charge in [0.1, 0.15) is 23.0 Å². The van der Waals surface area contributed by atoms with E-state index in [1.54, 1.807) is 6.92 Å². The van der Waals surface area contributed by atoms with Crippen LogP contribution < -0.4 is 16.3 Å². The van der Waals surface area contributed by atoms with Gasteiger partial charge in [0.25, 0.3) is 5.56 Å². The fourth-order valence-corrected chi connectivity index (χ4v) is 2.91. The Kier molecular flexibility index (Phi) is 5.41. The number of imidazole rings is 1. The van der Waals surface area contributed by atoms with Crippen molar-refractivity contribution in [1.82, 2.24) is 29.6 Å². The van der Waals surface area contributed by atoms with Crippen molar-refractivity contribution < 1.29 is 9.18 Å². The van der Waals surface area contributed by atoms with Gasteiger partial charge < -0.3 is 10.3 Å². The predicted molar refractivity (Wildman–Crippen MR) is 107 cm³/mol. The second-order valence-corrected chi connectivity index (χ2v) is 6.10. The molecule has 0 radical (unpaired) electrons. The highest BCUT2D eigenvalue weighted by Crippen LogP contribution is 2.22. The molecule has 4 rings (SSSR count). The number of anilines is 1. The van der Waals surface area contributed by atoms with Crippen molar-refractivity contribution in [2.24, 2.45) is 0 Å². The third-order valence-corrected chi connectivity index (χ3v) is 4.11. The summed E-state index contributed by atoms with van der Waals surface area (Å²) in [5.41, 5.74) is 2.92. The van der Waals surface area contributed by atoms with Crippen molar-refractivity contribution in [2.75, 3.05) is 10.7 Å². The lowest BCUT2D eigenvalue weighted by molar-refractivity contribution is -0.115. The van der Waals surface area contributed by atoms with E-state index in [2.05, 4.69) is 35.7 Å². The summed E-state index contributed by atoms with van der Waals surface area (Å²) in [6.07, 6.45) is 2.84. The monoisotopic (exact) mass is 418 g/mol. The second kappa shape index (κ2) is 7.80. The first-order valence-electron chi connectivity index (χ1n) is 8.35. The van der Waals surface area contributed by atoms with Gasteiger partial charge >= 0.3 is 0 Å². The highest BCUT2D eigenvalue weighted by atomic mass is 35.5. The van der Waals surface area contributed by atoms with E-state index in [0.29, 0.717) is 17.0 Å². The molecule has 0 bridgehead atoms. The van der Waals surface area contributed by atoms with Gasteiger partial charge in [0.2, 0.25) is 5.91 Å². The van der Waals surface area contributed by atoms with Crippen molar-refractivity contribution in [3.63, 3.8) is 0 Å². The average molecular weight is 419 g/mol. The smallest absolute Gasteiger partial charge is 0.283 e. The van der Waals surface area contributed by atoms with Crippen molar-refractivity contribution >= 4 is 46.2 Å². The van der Waals surface area contributed by atoms with E-state index in [-0.39, 0.29) is 29.1 Å². The number of nitrogens with zero attached hydrogens (tertiary/aromatic N) is 5. The first-order chi connectivity index (χ1) is 13.5. The van der Waals surface area contributed by atoms with Gasteiger partial charge in [0.05, 0.1) is 17.9 Å². The highest BCUT2D eigenvalue weighted by Gasteiger charge is 2.20. The van der Waals surface area contributed by atoms with Crippen LogP contribution in [0.5, 0.6) is 0 Å². The number of carbonyl (C=O) groups excluding carboxylic acids is 1. The van der Waals surface area contributed by atoms with Crippen molar-refractivity contribution in [3.8, 4) is 0 Å². The number of carbonyl (C=O) groups is 1. The van der Waals surface area contributed by atoms with Crippen LogP contribution in [-0.4, -0.2) is 35.5 Å². The lowest BCUT2D eigenvalue weighted by Gasteiger charge is -2.20. The molecule has 10 nitrogen and oxygen atoms in total. The van der Waals surface area contributed by atoms with Crippen LogP contribution in [0, 0.1) is 5.82 Å². The summed E-state index contributed by atoms with van der Waals surface area (Å²) in [6, 6.07) is 3.59. The Morgan fingerprint density at radius 3 is 2.83 bits per heavy atom. The molecule has 1 aromatic carbocycles. The number of hydrogen-bond acceptors (Lipinski definition) is 7. The molecule has 1 amide bonds. The van der Waals surface area contributed by atoms with Gasteiger partial charge in [-0.2, -0.15) is 0 Å². The number of hydrogen-bond donors (Lipinski definition) is 3. The van der Waals surface area contributed by atoms with Gasteiger partial charge in [0, 0.05) is 6.92 Å². The van der Waals surface area contributed by atoms with E-state index in [9.17, 15) is 14.0 Å². The zero-order valence-electron chi connectivity index (χ0n) is 15.3. The van der Waals surface area contributed by atoms with Crippen LogP contribution >= 0.6 is 12.4 Å². The van der Waals surface area contributed by atoms with Crippen LogP contribution in [0.4, 0.5) is 10.2 Å². The molecule has 29 heavy (non-hydrogen) atoms. The Bertz CT molecular complexity index is 1270. The summed E-state index contributed by atoms with van der Waals surface area (Å²) in [4.78, 5) is 44.1. The van der Waals surface area contributed by atoms with Crippen LogP contribution in [0.3, 0.4) is 0 Å². The van der Waals surface area contributed by atoms with Gasteiger partial charge in [-0.3, -0.25) is 15.0 Å². The van der Waals surface area contributed by atoms with E-state index in [4.69, 9.17) is 0 Å². The average Bonchev–Trinajstić information content (AvgIpc) is 3.13. The summed E-state index contributed by atoms with van der Waals surface area (Å²) in [5, 5.41) is 2.91. The molecule has 0 spiro atoms. The van der Waals surface area contributed by atoms with Crippen molar-refractivity contribution in [2.45, 2.75) is 19.9 Å². The first kappa shape index (κ1) is 20.1. The maximum absolute atomic E-state index is 14.2. The minimum Gasteiger partial charge on any atom is -0.358 e. The normalized spacial score (nSPS) is 11.8. The van der Waals surface area contributed by atoms with E-state index >= 15 is 0 Å². The summed E-state index contributed by atoms with van der Waals surface area (Å²) < 4.78 is 15.1. The molecule has 3 N–H and O–H groups in total. The molecule has 0 aliphatic heterocycles. The predicted octanol–water partition coefficient (Wildman–Crippen LogP) is 1.89. The number of aromatic nitrogens is 6. The molecule has 0 fully saturated rings. The van der Waals surface area contributed by atoms with Crippen LogP contribution in [0.25, 0.3) is 22.1 Å². The zero-order valence-corrected chi connectivity index (χ0v) is 16.1. The maximum atomic E-state index is 14.2. The Morgan fingerprint density at radius 2 is 2.07 bits per heavy atom. The van der Waals surface area contributed by atoms with E-state index < -0.39 is 23.3 Å². The minimum absolute atomic E-state index is 0. The molecular formula is C17H16ClFN8O2. The van der Waals surface area contributed by atoms with E-state index in [0.717, 1.165) is 4.68 Å².